The first kappa shape index (κ1) is 17.3. The van der Waals surface area contributed by atoms with Gasteiger partial charge in [0.2, 0.25) is 0 Å². The molecule has 0 aromatic heterocycles. The van der Waals surface area contributed by atoms with Crippen molar-refractivity contribution >= 4 is 45.3 Å². The number of rotatable bonds is 6. The Morgan fingerprint density at radius 2 is 2.17 bits per heavy atom. The summed E-state index contributed by atoms with van der Waals surface area (Å²) in [5.41, 5.74) is 4.07. The zero-order valence-electron chi connectivity index (χ0n) is 12.3. The van der Waals surface area contributed by atoms with Gasteiger partial charge in [0.15, 0.2) is 0 Å². The van der Waals surface area contributed by atoms with Crippen LogP contribution in [0.25, 0.3) is 0 Å². The molecule has 0 bridgehead atoms. The molecule has 0 saturated carbocycles. The fourth-order valence-electron chi connectivity index (χ4n) is 1.75. The fourth-order valence-corrected chi connectivity index (χ4v) is 2.57. The van der Waals surface area contributed by atoms with Gasteiger partial charge in [0, 0.05) is 15.2 Å². The van der Waals surface area contributed by atoms with E-state index in [1.54, 1.807) is 31.5 Å². The Hall–Kier alpha value is -2.05. The molecule has 0 fully saturated rings. The molecule has 0 aliphatic rings. The first-order valence-electron chi connectivity index (χ1n) is 6.73. The monoisotopic (exact) mass is 395 g/mol. The van der Waals surface area contributed by atoms with Gasteiger partial charge in [-0.2, -0.15) is 5.10 Å². The topological polar surface area (TPSA) is 62.7 Å². The van der Waals surface area contributed by atoms with E-state index in [1.165, 1.54) is 0 Å². The van der Waals surface area contributed by atoms with E-state index in [9.17, 15) is 4.79 Å². The maximum Gasteiger partial charge on any atom is 0.259 e. The number of ether oxygens (including phenoxy) is 1. The van der Waals surface area contributed by atoms with Crippen molar-refractivity contribution in [3.05, 3.63) is 57.5 Å². The van der Waals surface area contributed by atoms with Crippen LogP contribution in [0, 0.1) is 0 Å². The lowest BCUT2D eigenvalue weighted by molar-refractivity contribution is -0.119. The van der Waals surface area contributed by atoms with Crippen molar-refractivity contribution in [1.82, 2.24) is 5.43 Å². The Labute approximate surface area is 147 Å². The summed E-state index contributed by atoms with van der Waals surface area (Å²) in [5.74, 6) is 0.473. The van der Waals surface area contributed by atoms with Gasteiger partial charge in [-0.25, -0.2) is 5.43 Å². The third-order valence-electron chi connectivity index (χ3n) is 2.87. The summed E-state index contributed by atoms with van der Waals surface area (Å²) in [7, 11) is 1.60. The molecule has 5 nitrogen and oxygen atoms in total. The van der Waals surface area contributed by atoms with E-state index in [0.29, 0.717) is 5.02 Å². The van der Waals surface area contributed by atoms with Crippen LogP contribution in [0.4, 0.5) is 5.69 Å². The average Bonchev–Trinajstić information content (AvgIpc) is 2.54. The maximum atomic E-state index is 11.8. The molecule has 0 spiro atoms. The van der Waals surface area contributed by atoms with Crippen LogP contribution in [0.5, 0.6) is 5.75 Å². The largest absolute Gasteiger partial charge is 0.497 e. The van der Waals surface area contributed by atoms with Gasteiger partial charge in [0.1, 0.15) is 5.75 Å². The molecule has 2 aromatic carbocycles. The maximum absolute atomic E-state index is 11.8. The van der Waals surface area contributed by atoms with Crippen LogP contribution in [0.2, 0.25) is 5.02 Å². The lowest BCUT2D eigenvalue weighted by Crippen LogP contribution is -2.26. The second-order valence-electron chi connectivity index (χ2n) is 4.55. The molecule has 2 N–H and O–H groups in total. The number of carbonyl (C=O) groups excluding carboxylic acids is 1. The predicted octanol–water partition coefficient (Wildman–Crippen LogP) is 3.67. The van der Waals surface area contributed by atoms with E-state index in [0.717, 1.165) is 21.5 Å². The fraction of sp³-hybridized carbons (Fsp3) is 0.125. The summed E-state index contributed by atoms with van der Waals surface area (Å²) in [5, 5.41) is 7.53. The third-order valence-corrected chi connectivity index (χ3v) is 3.76. The summed E-state index contributed by atoms with van der Waals surface area (Å²) in [6, 6.07) is 12.7. The van der Waals surface area contributed by atoms with Gasteiger partial charge < -0.3 is 10.1 Å². The molecule has 0 aliphatic heterocycles. The first-order chi connectivity index (χ1) is 11.1. The Bertz CT molecular complexity index is 722. The zero-order valence-corrected chi connectivity index (χ0v) is 14.7. The minimum Gasteiger partial charge on any atom is -0.497 e. The molecule has 23 heavy (non-hydrogen) atoms. The van der Waals surface area contributed by atoms with Crippen LogP contribution in [0.3, 0.4) is 0 Å². The molecule has 0 heterocycles. The summed E-state index contributed by atoms with van der Waals surface area (Å²) in [6.45, 7) is 0.0929. The average molecular weight is 397 g/mol. The Kier molecular flexibility index (Phi) is 6.43. The summed E-state index contributed by atoms with van der Waals surface area (Å²) in [6.07, 6.45) is 1.55. The molecule has 120 valence electrons. The van der Waals surface area contributed by atoms with Gasteiger partial charge in [0.05, 0.1) is 19.9 Å². The van der Waals surface area contributed by atoms with Crippen LogP contribution >= 0.6 is 27.5 Å². The smallest absolute Gasteiger partial charge is 0.259 e. The lowest BCUT2D eigenvalue weighted by atomic mass is 10.2. The highest BCUT2D eigenvalue weighted by Gasteiger charge is 2.03. The van der Waals surface area contributed by atoms with Crippen LogP contribution < -0.4 is 15.5 Å². The van der Waals surface area contributed by atoms with E-state index >= 15 is 0 Å². The number of hydrazone groups is 1. The minimum atomic E-state index is -0.258. The molecule has 2 rings (SSSR count). The van der Waals surface area contributed by atoms with Crippen molar-refractivity contribution in [1.29, 1.82) is 0 Å². The van der Waals surface area contributed by atoms with Crippen LogP contribution in [0.15, 0.2) is 52.0 Å². The van der Waals surface area contributed by atoms with E-state index < -0.39 is 0 Å². The second-order valence-corrected chi connectivity index (χ2v) is 5.84. The summed E-state index contributed by atoms with van der Waals surface area (Å²) in [4.78, 5) is 11.8. The number of nitrogens with zero attached hydrogens (tertiary/aromatic N) is 1. The quantitative estimate of drug-likeness (QED) is 0.578. The number of nitrogens with one attached hydrogen (secondary N) is 2. The van der Waals surface area contributed by atoms with Crippen molar-refractivity contribution in [2.45, 2.75) is 0 Å². The number of hydrogen-bond acceptors (Lipinski definition) is 4. The lowest BCUT2D eigenvalue weighted by Gasteiger charge is -2.07. The molecule has 1 amide bonds. The van der Waals surface area contributed by atoms with E-state index in [2.05, 4.69) is 31.8 Å². The molecule has 7 heteroatoms. The number of halogens is 2. The van der Waals surface area contributed by atoms with Crippen molar-refractivity contribution in [3.63, 3.8) is 0 Å². The molecule has 0 radical (unpaired) electrons. The van der Waals surface area contributed by atoms with Gasteiger partial charge in [-0.15, -0.1) is 0 Å². The van der Waals surface area contributed by atoms with E-state index in [-0.39, 0.29) is 12.5 Å². The van der Waals surface area contributed by atoms with E-state index in [1.807, 2.05) is 24.3 Å². The Morgan fingerprint density at radius 3 is 2.91 bits per heavy atom. The minimum absolute atomic E-state index is 0.0929. The highest BCUT2D eigenvalue weighted by atomic mass is 79.9. The number of benzene rings is 2. The van der Waals surface area contributed by atoms with Crippen LogP contribution in [0.1, 0.15) is 5.56 Å². The van der Waals surface area contributed by atoms with Gasteiger partial charge in [0.25, 0.3) is 5.91 Å². The van der Waals surface area contributed by atoms with Crippen molar-refractivity contribution < 1.29 is 9.53 Å². The molecular formula is C16H15BrClN3O2. The number of amides is 1. The van der Waals surface area contributed by atoms with Gasteiger partial charge in [-0.3, -0.25) is 4.79 Å². The SMILES string of the molecule is COc1cccc(/C=N\NC(=O)CNc2ccc(Cl)cc2Br)c1. The Balaban J connectivity index is 1.83. The van der Waals surface area contributed by atoms with Crippen molar-refractivity contribution in [3.8, 4) is 5.75 Å². The first-order valence-corrected chi connectivity index (χ1v) is 7.90. The summed E-state index contributed by atoms with van der Waals surface area (Å²) < 4.78 is 5.91. The van der Waals surface area contributed by atoms with Crippen LogP contribution in [-0.4, -0.2) is 25.8 Å². The highest BCUT2D eigenvalue weighted by molar-refractivity contribution is 9.10. The molecule has 2 aromatic rings. The molecule has 0 saturated heterocycles. The standard InChI is InChI=1S/C16H15BrClN3O2/c1-23-13-4-2-3-11(7-13)9-20-21-16(22)10-19-15-6-5-12(18)8-14(15)17/h2-9,19H,10H2,1H3,(H,21,22)/b20-9-. The highest BCUT2D eigenvalue weighted by Crippen LogP contribution is 2.25. The number of anilines is 1. The predicted molar refractivity (Wildman–Crippen MR) is 96.4 cm³/mol. The number of carbonyl (C=O) groups is 1. The van der Waals surface area contributed by atoms with Gasteiger partial charge >= 0.3 is 0 Å². The Morgan fingerprint density at radius 1 is 1.35 bits per heavy atom. The second kappa shape index (κ2) is 8.55. The molecular weight excluding hydrogens is 382 g/mol. The van der Waals surface area contributed by atoms with E-state index in [4.69, 9.17) is 16.3 Å². The molecule has 0 aliphatic carbocycles. The van der Waals surface area contributed by atoms with Crippen LogP contribution in [-0.2, 0) is 4.79 Å². The van der Waals surface area contributed by atoms with Crippen molar-refractivity contribution in [2.24, 2.45) is 5.10 Å². The zero-order chi connectivity index (χ0) is 16.7. The van der Waals surface area contributed by atoms with Crippen molar-refractivity contribution in [2.75, 3.05) is 19.0 Å². The summed E-state index contributed by atoms with van der Waals surface area (Å²) >= 11 is 9.24. The third kappa shape index (κ3) is 5.58. The normalized spacial score (nSPS) is 10.6. The number of methoxy groups -OCH3 is 1. The molecule has 0 unspecified atom stereocenters. The van der Waals surface area contributed by atoms with Gasteiger partial charge in [-0.05, 0) is 51.8 Å². The molecule has 0 atom stereocenters. The van der Waals surface area contributed by atoms with Gasteiger partial charge in [-0.1, -0.05) is 23.7 Å². The number of hydrogen-bond donors (Lipinski definition) is 2.